The Labute approximate surface area is 704 Å². The number of rotatable bonds is 15. The normalized spacial score (nSPS) is 21.5. The zero-order valence-electron chi connectivity index (χ0n) is 69.0. The molecular weight excluding hydrogens is 1550 g/mol. The number of nitrogens with one attached hydrogen (secondary N) is 4. The Morgan fingerprint density at radius 1 is 0.352 bits per heavy atom. The number of carbonyl (C=O) groups is 8. The highest BCUT2D eigenvalue weighted by molar-refractivity contribution is 6.06. The summed E-state index contributed by atoms with van der Waals surface area (Å²) >= 11 is 0. The molecule has 14 heterocycles. The molecule has 0 radical (unpaired) electrons. The van der Waals surface area contributed by atoms with E-state index in [9.17, 15) is 38.4 Å². The van der Waals surface area contributed by atoms with E-state index < -0.39 is 24.2 Å². The molecule has 0 bridgehead atoms. The van der Waals surface area contributed by atoms with Crippen LogP contribution < -0.4 is 28.4 Å². The highest BCUT2D eigenvalue weighted by atomic mass is 16.7. The van der Waals surface area contributed by atoms with Gasteiger partial charge in [0.2, 0.25) is 49.0 Å². The number of piperazine rings is 3. The fraction of sp³-hybridized carbons (Fsp3) is 0.333. The summed E-state index contributed by atoms with van der Waals surface area (Å²) in [6, 6.07) is 56.0. The average molecular weight is 1640 g/mol. The third kappa shape index (κ3) is 13.5. The minimum absolute atomic E-state index is 0.00540. The highest BCUT2D eigenvalue weighted by Crippen LogP contribution is 2.50. The third-order valence-corrected chi connectivity index (χ3v) is 25.9. The first kappa shape index (κ1) is 78.3. The Morgan fingerprint density at radius 3 is 1.05 bits per heavy atom. The Bertz CT molecular complexity index is 6150. The molecule has 4 fully saturated rings. The van der Waals surface area contributed by atoms with Gasteiger partial charge in [-0.3, -0.25) is 43.4 Å². The molecule has 624 valence electrons. The predicted octanol–water partition coefficient (Wildman–Crippen LogP) is 13.5. The van der Waals surface area contributed by atoms with Crippen molar-refractivity contribution in [3.63, 3.8) is 0 Å². The zero-order chi connectivity index (χ0) is 83.9. The number of urea groups is 1. The van der Waals surface area contributed by atoms with Crippen molar-refractivity contribution in [2.45, 2.75) is 133 Å². The first-order chi connectivity index (χ1) is 59.5. The number of imide groups is 1. The number of fused-ring (bicyclic) bond motifs is 18. The number of amides is 9. The third-order valence-electron chi connectivity index (χ3n) is 25.9. The van der Waals surface area contributed by atoms with Gasteiger partial charge in [-0.1, -0.05) is 149 Å². The van der Waals surface area contributed by atoms with Gasteiger partial charge in [0.25, 0.3) is 5.91 Å². The van der Waals surface area contributed by atoms with Gasteiger partial charge in [0.05, 0.1) is 52.0 Å². The molecule has 22 rings (SSSR count). The lowest BCUT2D eigenvalue weighted by molar-refractivity contribution is -0.158. The van der Waals surface area contributed by atoms with E-state index in [0.29, 0.717) is 68.3 Å². The van der Waals surface area contributed by atoms with Crippen molar-refractivity contribution in [1.82, 2.24) is 59.1 Å². The van der Waals surface area contributed by atoms with Crippen molar-refractivity contribution in [2.75, 3.05) is 74.1 Å². The number of carbonyl (C=O) groups excluding carboxylic acids is 8. The van der Waals surface area contributed by atoms with Crippen LogP contribution in [-0.2, 0) is 59.2 Å². The number of aromatic amines is 4. The smallest absolute Gasteiger partial charge is 0.328 e. The monoisotopic (exact) mass is 1640 g/mol. The summed E-state index contributed by atoms with van der Waals surface area (Å²) in [5.41, 5.74) is 16.3. The van der Waals surface area contributed by atoms with Gasteiger partial charge in [-0.2, -0.15) is 0 Å². The van der Waals surface area contributed by atoms with Crippen LogP contribution in [0.1, 0.15) is 151 Å². The number of benzene rings is 8. The fourth-order valence-corrected chi connectivity index (χ4v) is 19.9. The molecule has 10 aliphatic heterocycles. The predicted molar refractivity (Wildman–Crippen MR) is 457 cm³/mol. The van der Waals surface area contributed by atoms with Gasteiger partial charge >= 0.3 is 6.03 Å². The first-order valence-corrected chi connectivity index (χ1v) is 42.4. The van der Waals surface area contributed by atoms with Gasteiger partial charge < -0.3 is 77.8 Å². The molecule has 8 aromatic carbocycles. The molecule has 4 saturated heterocycles. The van der Waals surface area contributed by atoms with Crippen molar-refractivity contribution >= 4 is 91.0 Å². The summed E-state index contributed by atoms with van der Waals surface area (Å²) in [5.74, 6) is 4.18. The van der Waals surface area contributed by atoms with E-state index in [-0.39, 0.29) is 105 Å². The Hall–Kier alpha value is -13.5. The zero-order valence-corrected chi connectivity index (χ0v) is 69.0. The van der Waals surface area contributed by atoms with E-state index >= 15 is 0 Å². The molecule has 4 aromatic heterocycles. The van der Waals surface area contributed by atoms with Crippen molar-refractivity contribution in [3.8, 4) is 34.5 Å². The standard InChI is InChI=1S/C25H25N3O4.C25H27N3O3.C24H25N3O3.C22H19N3O4/c1-2-3-10-27-13-22(29)28-19(25(27)30)12-17-16-6-4-5-7-18(16)26-23(17)24(28)15-8-9-20-21(11-15)32-14-31-20;1-3-4-13-27-15-22(29)28-21(25(27)30)14-19-18-7-5-6-8-20(18)26-23(19)24(28)16-9-11-17(31-2)12-10-16;1-3-4-13-26-23(28)20-14-18-17-7-5-6-8-19(17)25-21(18)22(27(20)24(26)29)15-9-11-16(30-2)12-10-15;1-24-10-19(26)25-16(22(24)27)9-14-13-4-2-3-5-15(13)23-20(14)21(25)12-6-7-17-18(8-12)29-11-28-17/h4-9,11,19,24,26H,2-3,10,12-14H2,1H3;5-12,21,24,26H,3-4,13-15H2,1-2H3;5-12,20,22,25H,3-4,13-14H2,1-2H3;2-8,16,21,23H,9-11H2,1H3. The molecule has 8 atom stereocenters. The van der Waals surface area contributed by atoms with Crippen LogP contribution in [0.25, 0.3) is 43.6 Å². The van der Waals surface area contributed by atoms with Gasteiger partial charge in [0, 0.05) is 119 Å². The molecule has 9 amide bonds. The Morgan fingerprint density at radius 2 is 0.672 bits per heavy atom. The number of ether oxygens (including phenoxy) is 6. The summed E-state index contributed by atoms with van der Waals surface area (Å²) in [6.45, 7) is 8.75. The second kappa shape index (κ2) is 32.2. The molecule has 26 nitrogen and oxygen atoms in total. The SMILES string of the molecule is CCCCN1C(=O)C2Cc3c([nH]c4ccccc34)C(c3ccc(OC)cc3)N2C1=O.CCCCN1CC(=O)N2C(Cc3c([nH]c4ccccc34)C2c2ccc(OC)cc2)C1=O.CCCCN1CC(=O)N2C(Cc3c([nH]c4ccccc34)C2c2ccc3c(c2)OCO3)C1=O.CN1CC(=O)N2C(Cc3c([nH]c4ccccc34)C2c2ccc3c(c2)OCO3)C1=O. The van der Waals surface area contributed by atoms with Crippen LogP contribution in [0.15, 0.2) is 182 Å². The molecule has 0 spiro atoms. The Balaban J connectivity index is 0.000000107. The Kier molecular flexibility index (Phi) is 20.7. The van der Waals surface area contributed by atoms with Gasteiger partial charge in [0.15, 0.2) is 23.0 Å². The van der Waals surface area contributed by atoms with Crippen LogP contribution in [-0.4, -0.2) is 205 Å². The van der Waals surface area contributed by atoms with E-state index in [1.54, 1.807) is 45.8 Å². The molecule has 12 aromatic rings. The van der Waals surface area contributed by atoms with E-state index in [1.807, 2.05) is 157 Å². The summed E-state index contributed by atoms with van der Waals surface area (Å²) in [5, 5.41) is 4.46. The quantitative estimate of drug-likeness (QED) is 0.0695. The number of H-pyrrole nitrogens is 4. The van der Waals surface area contributed by atoms with E-state index in [2.05, 4.69) is 71.0 Å². The highest BCUT2D eigenvalue weighted by Gasteiger charge is 2.55. The summed E-state index contributed by atoms with van der Waals surface area (Å²) in [7, 11) is 4.97. The molecular formula is C96H96N12O14. The van der Waals surface area contributed by atoms with Crippen LogP contribution in [0.3, 0.4) is 0 Å². The van der Waals surface area contributed by atoms with E-state index in [1.165, 1.54) is 9.80 Å². The number of methoxy groups -OCH3 is 2. The number of unbranched alkanes of at least 4 members (excludes halogenated alkanes) is 3. The lowest BCUT2D eigenvalue weighted by atomic mass is 9.86. The van der Waals surface area contributed by atoms with Crippen LogP contribution in [0.2, 0.25) is 0 Å². The van der Waals surface area contributed by atoms with Crippen molar-refractivity contribution in [1.29, 1.82) is 0 Å². The van der Waals surface area contributed by atoms with Crippen molar-refractivity contribution in [3.05, 3.63) is 249 Å². The molecule has 10 aliphatic rings. The van der Waals surface area contributed by atoms with Gasteiger partial charge in [-0.25, -0.2) is 4.79 Å². The summed E-state index contributed by atoms with van der Waals surface area (Å²) in [4.78, 5) is 134. The summed E-state index contributed by atoms with van der Waals surface area (Å²) in [6.07, 6.45) is 7.65. The number of nitrogens with zero attached hydrogens (tertiary/aromatic N) is 8. The van der Waals surface area contributed by atoms with Gasteiger partial charge in [0.1, 0.15) is 41.7 Å². The molecule has 0 aliphatic carbocycles. The second-order valence-corrected chi connectivity index (χ2v) is 32.9. The molecule has 0 saturated carbocycles. The minimum atomic E-state index is -0.511. The van der Waals surface area contributed by atoms with E-state index in [0.717, 1.165) is 161 Å². The average Bonchev–Trinajstić information content (AvgIpc) is 1.56. The van der Waals surface area contributed by atoms with Gasteiger partial charge in [-0.05, 0) is 137 Å². The largest absolute Gasteiger partial charge is 0.497 e. The van der Waals surface area contributed by atoms with Crippen LogP contribution in [0.5, 0.6) is 34.5 Å². The number of aromatic nitrogens is 4. The maximum atomic E-state index is 13.5. The van der Waals surface area contributed by atoms with Crippen LogP contribution in [0, 0.1) is 0 Å². The topological polar surface area (TPSA) is 281 Å². The fourth-order valence-electron chi connectivity index (χ4n) is 19.9. The van der Waals surface area contributed by atoms with Crippen molar-refractivity contribution < 1.29 is 66.8 Å². The molecule has 122 heavy (non-hydrogen) atoms. The van der Waals surface area contributed by atoms with Crippen molar-refractivity contribution in [2.24, 2.45) is 0 Å². The maximum absolute atomic E-state index is 13.5. The molecule has 8 unspecified atom stereocenters. The minimum Gasteiger partial charge on any atom is -0.497 e. The van der Waals surface area contributed by atoms with E-state index in [4.69, 9.17) is 28.4 Å². The maximum Gasteiger partial charge on any atom is 0.328 e. The number of hydrogen-bond donors (Lipinski definition) is 4. The van der Waals surface area contributed by atoms with Crippen LogP contribution >= 0.6 is 0 Å². The first-order valence-electron chi connectivity index (χ1n) is 42.4. The summed E-state index contributed by atoms with van der Waals surface area (Å²) < 4.78 is 32.7. The van der Waals surface area contributed by atoms with Gasteiger partial charge in [-0.15, -0.1) is 0 Å². The second-order valence-electron chi connectivity index (χ2n) is 32.9. The number of likely N-dealkylation sites (N-methyl/N-ethyl adjacent to an activating group) is 1. The molecule has 26 heteroatoms. The van der Waals surface area contributed by atoms with Crippen LogP contribution in [0.4, 0.5) is 4.79 Å². The molecule has 4 N–H and O–H groups in total. The lowest BCUT2D eigenvalue weighted by Crippen LogP contribution is -2.63. The number of para-hydroxylation sites is 4. The number of hydrogen-bond acceptors (Lipinski definition) is 14. The lowest BCUT2D eigenvalue weighted by Gasteiger charge is -2.47.